The van der Waals surface area contributed by atoms with Crippen LogP contribution in [0, 0.1) is 12.8 Å². The van der Waals surface area contributed by atoms with E-state index in [0.29, 0.717) is 5.15 Å². The van der Waals surface area contributed by atoms with Crippen LogP contribution in [0.5, 0.6) is 0 Å². The lowest BCUT2D eigenvalue weighted by Crippen LogP contribution is -2.47. The molecule has 1 aliphatic heterocycles. The van der Waals surface area contributed by atoms with E-state index in [0.717, 1.165) is 62.1 Å². The smallest absolute Gasteiger partial charge is 0.137 e. The topological polar surface area (TPSA) is 32.3 Å². The van der Waals surface area contributed by atoms with Crippen molar-refractivity contribution < 1.29 is 0 Å². The molecule has 0 spiro atoms. The second kappa shape index (κ2) is 6.49. The second-order valence-corrected chi connectivity index (χ2v) is 6.72. The van der Waals surface area contributed by atoms with Crippen LogP contribution in [0.4, 0.5) is 5.82 Å². The molecule has 1 aliphatic carbocycles. The summed E-state index contributed by atoms with van der Waals surface area (Å²) in [4.78, 5) is 14.1. The molecule has 1 aromatic heterocycles. The number of hydrogen-bond acceptors (Lipinski definition) is 4. The standard InChI is InChI=1S/C16H25ClN4/c1-3-4-14-18-15(17)12(2)16(19-14)21-9-7-20(8-10-21)11-13-5-6-13/h13H,3-11H2,1-2H3. The summed E-state index contributed by atoms with van der Waals surface area (Å²) < 4.78 is 0. The third-order valence-corrected chi connectivity index (χ3v) is 4.83. The molecule has 0 radical (unpaired) electrons. The zero-order chi connectivity index (χ0) is 14.8. The van der Waals surface area contributed by atoms with Gasteiger partial charge in [0.25, 0.3) is 0 Å². The number of nitrogens with zero attached hydrogens (tertiary/aromatic N) is 4. The fraction of sp³-hybridized carbons (Fsp3) is 0.750. The lowest BCUT2D eigenvalue weighted by Gasteiger charge is -2.36. The molecule has 116 valence electrons. The van der Waals surface area contributed by atoms with Crippen molar-refractivity contribution in [2.24, 2.45) is 5.92 Å². The third kappa shape index (κ3) is 3.67. The van der Waals surface area contributed by atoms with E-state index in [2.05, 4.69) is 21.7 Å². The first-order valence-electron chi connectivity index (χ1n) is 8.17. The molecule has 3 rings (SSSR count). The molecule has 0 unspecified atom stereocenters. The van der Waals surface area contributed by atoms with E-state index in [1.165, 1.54) is 19.4 Å². The van der Waals surface area contributed by atoms with Crippen LogP contribution in [0.1, 0.15) is 37.6 Å². The summed E-state index contributed by atoms with van der Waals surface area (Å²) in [5.41, 5.74) is 1.02. The molecule has 21 heavy (non-hydrogen) atoms. The Morgan fingerprint density at radius 1 is 1.14 bits per heavy atom. The van der Waals surface area contributed by atoms with Crippen LogP contribution in [0.15, 0.2) is 0 Å². The maximum absolute atomic E-state index is 6.29. The summed E-state index contributed by atoms with van der Waals surface area (Å²) in [6.45, 7) is 9.84. The molecule has 0 N–H and O–H groups in total. The minimum atomic E-state index is 0.615. The van der Waals surface area contributed by atoms with E-state index in [1.807, 2.05) is 6.92 Å². The fourth-order valence-corrected chi connectivity index (χ4v) is 3.15. The molecular weight excluding hydrogens is 284 g/mol. The Labute approximate surface area is 132 Å². The quantitative estimate of drug-likeness (QED) is 0.783. The zero-order valence-electron chi connectivity index (χ0n) is 13.1. The third-order valence-electron chi connectivity index (χ3n) is 4.47. The van der Waals surface area contributed by atoms with Gasteiger partial charge in [0.1, 0.15) is 16.8 Å². The van der Waals surface area contributed by atoms with Crippen LogP contribution in [0.25, 0.3) is 0 Å². The molecule has 2 aliphatic rings. The summed E-state index contributed by atoms with van der Waals surface area (Å²) >= 11 is 6.29. The Hall–Kier alpha value is -0.870. The Morgan fingerprint density at radius 3 is 2.48 bits per heavy atom. The average Bonchev–Trinajstić information content (AvgIpc) is 3.28. The molecule has 0 aromatic carbocycles. The Morgan fingerprint density at radius 2 is 1.86 bits per heavy atom. The summed E-state index contributed by atoms with van der Waals surface area (Å²) in [5, 5.41) is 0.615. The van der Waals surface area contributed by atoms with Gasteiger partial charge in [-0.05, 0) is 32.1 Å². The minimum Gasteiger partial charge on any atom is -0.354 e. The van der Waals surface area contributed by atoms with Gasteiger partial charge in [0.2, 0.25) is 0 Å². The van der Waals surface area contributed by atoms with Crippen molar-refractivity contribution in [1.82, 2.24) is 14.9 Å². The Bertz CT molecular complexity index is 493. The average molecular weight is 309 g/mol. The van der Waals surface area contributed by atoms with Gasteiger partial charge in [0.05, 0.1) is 0 Å². The highest BCUT2D eigenvalue weighted by molar-refractivity contribution is 6.30. The van der Waals surface area contributed by atoms with Gasteiger partial charge >= 0.3 is 0 Å². The molecule has 1 saturated heterocycles. The van der Waals surface area contributed by atoms with Crippen molar-refractivity contribution in [1.29, 1.82) is 0 Å². The predicted molar refractivity (Wildman–Crippen MR) is 87.2 cm³/mol. The van der Waals surface area contributed by atoms with Crippen LogP contribution < -0.4 is 4.90 Å². The SMILES string of the molecule is CCCc1nc(Cl)c(C)c(N2CCN(CC3CC3)CC2)n1. The number of piperazine rings is 1. The molecule has 0 atom stereocenters. The molecule has 5 heteroatoms. The molecule has 1 aromatic rings. The monoisotopic (exact) mass is 308 g/mol. The van der Waals surface area contributed by atoms with Crippen molar-refractivity contribution in [2.75, 3.05) is 37.6 Å². The molecule has 2 fully saturated rings. The largest absolute Gasteiger partial charge is 0.354 e. The highest BCUT2D eigenvalue weighted by atomic mass is 35.5. The van der Waals surface area contributed by atoms with Crippen molar-refractivity contribution in [3.05, 3.63) is 16.5 Å². The highest BCUT2D eigenvalue weighted by Gasteiger charge is 2.27. The summed E-state index contributed by atoms with van der Waals surface area (Å²) in [6.07, 6.45) is 4.81. The molecule has 0 amide bonds. The van der Waals surface area contributed by atoms with Crippen LogP contribution in [0.2, 0.25) is 5.15 Å². The van der Waals surface area contributed by atoms with E-state index >= 15 is 0 Å². The first-order valence-corrected chi connectivity index (χ1v) is 8.55. The van der Waals surface area contributed by atoms with Gasteiger partial charge in [-0.15, -0.1) is 0 Å². The van der Waals surface area contributed by atoms with E-state index < -0.39 is 0 Å². The van der Waals surface area contributed by atoms with Gasteiger partial charge in [-0.3, -0.25) is 4.90 Å². The molecule has 0 bridgehead atoms. The molecule has 2 heterocycles. The first kappa shape index (κ1) is 15.0. The molecule has 4 nitrogen and oxygen atoms in total. The lowest BCUT2D eigenvalue weighted by atomic mass is 10.2. The number of halogens is 1. The van der Waals surface area contributed by atoms with Crippen LogP contribution >= 0.6 is 11.6 Å². The second-order valence-electron chi connectivity index (χ2n) is 6.36. The lowest BCUT2D eigenvalue weighted by molar-refractivity contribution is 0.247. The van der Waals surface area contributed by atoms with Crippen LogP contribution in [-0.2, 0) is 6.42 Å². The number of aromatic nitrogens is 2. The normalized spacial score (nSPS) is 20.0. The summed E-state index contributed by atoms with van der Waals surface area (Å²) in [6, 6.07) is 0. The molecular formula is C16H25ClN4. The molecule has 1 saturated carbocycles. The van der Waals surface area contributed by atoms with E-state index in [1.54, 1.807) is 0 Å². The van der Waals surface area contributed by atoms with Crippen LogP contribution in [-0.4, -0.2) is 47.6 Å². The van der Waals surface area contributed by atoms with Crippen molar-refractivity contribution >= 4 is 17.4 Å². The Balaban J connectivity index is 1.68. The van der Waals surface area contributed by atoms with Gasteiger partial charge in [-0.1, -0.05) is 18.5 Å². The van der Waals surface area contributed by atoms with Crippen molar-refractivity contribution in [2.45, 2.75) is 39.5 Å². The van der Waals surface area contributed by atoms with E-state index in [9.17, 15) is 0 Å². The number of anilines is 1. The number of rotatable bonds is 5. The van der Waals surface area contributed by atoms with Gasteiger partial charge in [-0.2, -0.15) is 0 Å². The van der Waals surface area contributed by atoms with Gasteiger partial charge in [0.15, 0.2) is 0 Å². The van der Waals surface area contributed by atoms with E-state index in [-0.39, 0.29) is 0 Å². The fourth-order valence-electron chi connectivity index (χ4n) is 2.97. The van der Waals surface area contributed by atoms with Gasteiger partial charge in [-0.25, -0.2) is 9.97 Å². The van der Waals surface area contributed by atoms with Gasteiger partial charge < -0.3 is 4.90 Å². The van der Waals surface area contributed by atoms with Crippen molar-refractivity contribution in [3.63, 3.8) is 0 Å². The predicted octanol–water partition coefficient (Wildman–Crippen LogP) is 2.92. The summed E-state index contributed by atoms with van der Waals surface area (Å²) in [5.74, 6) is 2.90. The first-order chi connectivity index (χ1) is 10.2. The maximum atomic E-state index is 6.29. The number of hydrogen-bond donors (Lipinski definition) is 0. The zero-order valence-corrected chi connectivity index (χ0v) is 13.9. The minimum absolute atomic E-state index is 0.615. The van der Waals surface area contributed by atoms with E-state index in [4.69, 9.17) is 16.6 Å². The van der Waals surface area contributed by atoms with Gasteiger partial charge in [0, 0.05) is 44.7 Å². The maximum Gasteiger partial charge on any atom is 0.137 e. The van der Waals surface area contributed by atoms with Crippen LogP contribution in [0.3, 0.4) is 0 Å². The highest BCUT2D eigenvalue weighted by Crippen LogP contribution is 2.30. The number of aryl methyl sites for hydroxylation is 1. The summed E-state index contributed by atoms with van der Waals surface area (Å²) in [7, 11) is 0. The Kier molecular flexibility index (Phi) is 4.65. The van der Waals surface area contributed by atoms with Crippen molar-refractivity contribution in [3.8, 4) is 0 Å².